The molecule has 4 N–H and O–H groups in total. The van der Waals surface area contributed by atoms with Crippen LogP contribution >= 0.6 is 0 Å². The summed E-state index contributed by atoms with van der Waals surface area (Å²) >= 11 is 0. The summed E-state index contributed by atoms with van der Waals surface area (Å²) in [6.07, 6.45) is -0.161. The van der Waals surface area contributed by atoms with Gasteiger partial charge in [-0.05, 0) is 6.42 Å². The van der Waals surface area contributed by atoms with E-state index in [0.717, 1.165) is 0 Å². The number of hydrogen-bond donors (Lipinski definition) is 2. The lowest BCUT2D eigenvalue weighted by atomic mass is 10.3. The van der Waals surface area contributed by atoms with Crippen molar-refractivity contribution in [1.29, 1.82) is 0 Å². The zero-order valence-corrected chi connectivity index (χ0v) is 7.23. The van der Waals surface area contributed by atoms with E-state index in [1.807, 2.05) is 0 Å². The van der Waals surface area contributed by atoms with Crippen LogP contribution in [0.1, 0.15) is 6.42 Å². The summed E-state index contributed by atoms with van der Waals surface area (Å²) in [5.41, 5.74) is 10.2. The predicted molar refractivity (Wildman–Crippen MR) is 44.7 cm³/mol. The molecule has 13 heavy (non-hydrogen) atoms. The standard InChI is InChI=1S/C7H13N3O3/c8-5-1-2-10(6(5)11)3-4-13-7(9)12/h5H,1-4,8H2,(H2,9,12). The third-order valence-electron chi connectivity index (χ3n) is 1.94. The molecule has 0 aromatic carbocycles. The van der Waals surface area contributed by atoms with Gasteiger partial charge in [0.25, 0.3) is 0 Å². The molecule has 0 saturated carbocycles. The summed E-state index contributed by atoms with van der Waals surface area (Å²) in [7, 11) is 0. The van der Waals surface area contributed by atoms with Gasteiger partial charge in [0.15, 0.2) is 0 Å². The maximum atomic E-state index is 11.2. The molecule has 0 aromatic heterocycles. The van der Waals surface area contributed by atoms with E-state index in [9.17, 15) is 9.59 Å². The van der Waals surface area contributed by atoms with Gasteiger partial charge in [0.1, 0.15) is 6.61 Å². The second kappa shape index (κ2) is 4.08. The first kappa shape index (κ1) is 9.79. The molecule has 1 rings (SSSR count). The van der Waals surface area contributed by atoms with Crippen LogP contribution in [-0.2, 0) is 9.53 Å². The van der Waals surface area contributed by atoms with Crippen LogP contribution < -0.4 is 11.5 Å². The SMILES string of the molecule is NC(=O)OCCN1CCC(N)C1=O. The number of ether oxygens (including phenoxy) is 1. The summed E-state index contributed by atoms with van der Waals surface area (Å²) in [6, 6.07) is -0.395. The van der Waals surface area contributed by atoms with Gasteiger partial charge in [-0.3, -0.25) is 4.79 Å². The lowest BCUT2D eigenvalue weighted by molar-refractivity contribution is -0.129. The molecule has 1 fully saturated rings. The maximum absolute atomic E-state index is 11.2. The second-order valence-corrected chi connectivity index (χ2v) is 2.89. The van der Waals surface area contributed by atoms with Crippen LogP contribution in [0.4, 0.5) is 4.79 Å². The van der Waals surface area contributed by atoms with Crippen LogP contribution in [0.2, 0.25) is 0 Å². The monoisotopic (exact) mass is 187 g/mol. The highest BCUT2D eigenvalue weighted by atomic mass is 16.5. The number of likely N-dealkylation sites (tertiary alicyclic amines) is 1. The largest absolute Gasteiger partial charge is 0.448 e. The molecule has 1 aliphatic rings. The van der Waals surface area contributed by atoms with Gasteiger partial charge >= 0.3 is 6.09 Å². The highest BCUT2D eigenvalue weighted by Gasteiger charge is 2.27. The van der Waals surface area contributed by atoms with Gasteiger partial charge in [-0.1, -0.05) is 0 Å². The molecule has 0 spiro atoms. The van der Waals surface area contributed by atoms with E-state index in [2.05, 4.69) is 4.74 Å². The van der Waals surface area contributed by atoms with Gasteiger partial charge in [-0.2, -0.15) is 0 Å². The van der Waals surface area contributed by atoms with Gasteiger partial charge < -0.3 is 21.1 Å². The molecule has 6 heteroatoms. The molecule has 1 atom stereocenters. The van der Waals surface area contributed by atoms with Crippen LogP contribution in [0.25, 0.3) is 0 Å². The normalized spacial score (nSPS) is 22.1. The van der Waals surface area contributed by atoms with Gasteiger partial charge in [0.05, 0.1) is 12.6 Å². The second-order valence-electron chi connectivity index (χ2n) is 2.89. The van der Waals surface area contributed by atoms with Crippen molar-refractivity contribution in [3.63, 3.8) is 0 Å². The zero-order valence-electron chi connectivity index (χ0n) is 7.23. The summed E-state index contributed by atoms with van der Waals surface area (Å²) in [5.74, 6) is -0.0897. The van der Waals surface area contributed by atoms with Crippen molar-refractivity contribution >= 4 is 12.0 Å². The summed E-state index contributed by atoms with van der Waals surface area (Å²) in [5, 5.41) is 0. The number of rotatable bonds is 3. The number of nitrogens with zero attached hydrogens (tertiary/aromatic N) is 1. The molecular formula is C7H13N3O3. The minimum absolute atomic E-state index is 0.0897. The Morgan fingerprint density at radius 2 is 2.38 bits per heavy atom. The first-order valence-electron chi connectivity index (χ1n) is 4.08. The number of nitrogens with two attached hydrogens (primary N) is 2. The van der Waals surface area contributed by atoms with Crippen molar-refractivity contribution in [2.24, 2.45) is 11.5 Å². The number of hydrogen-bond acceptors (Lipinski definition) is 4. The van der Waals surface area contributed by atoms with Crippen LogP contribution in [0.15, 0.2) is 0 Å². The third kappa shape index (κ3) is 2.59. The van der Waals surface area contributed by atoms with Crippen LogP contribution in [0.5, 0.6) is 0 Å². The highest BCUT2D eigenvalue weighted by molar-refractivity contribution is 5.83. The average molecular weight is 187 g/mol. The van der Waals surface area contributed by atoms with Crippen molar-refractivity contribution in [3.8, 4) is 0 Å². The number of carbonyl (C=O) groups excluding carboxylic acids is 2. The smallest absolute Gasteiger partial charge is 0.404 e. The Bertz CT molecular complexity index is 219. The van der Waals surface area contributed by atoms with Gasteiger partial charge in [0, 0.05) is 6.54 Å². The fourth-order valence-electron chi connectivity index (χ4n) is 1.24. The first-order chi connectivity index (χ1) is 6.11. The minimum Gasteiger partial charge on any atom is -0.448 e. The number of primary amides is 1. The maximum Gasteiger partial charge on any atom is 0.404 e. The van der Waals surface area contributed by atoms with Crippen molar-refractivity contribution in [2.75, 3.05) is 19.7 Å². The molecule has 1 heterocycles. The fourth-order valence-corrected chi connectivity index (χ4v) is 1.24. The first-order valence-corrected chi connectivity index (χ1v) is 4.08. The van der Waals surface area contributed by atoms with E-state index >= 15 is 0 Å². The van der Waals surface area contributed by atoms with Crippen molar-refractivity contribution in [3.05, 3.63) is 0 Å². The van der Waals surface area contributed by atoms with E-state index in [-0.39, 0.29) is 12.5 Å². The number of amides is 2. The molecular weight excluding hydrogens is 174 g/mol. The predicted octanol–water partition coefficient (Wildman–Crippen LogP) is -1.36. The lowest BCUT2D eigenvalue weighted by Crippen LogP contribution is -2.36. The molecule has 2 amide bonds. The van der Waals surface area contributed by atoms with Crippen LogP contribution in [0, 0.1) is 0 Å². The topological polar surface area (TPSA) is 98.7 Å². The molecule has 0 radical (unpaired) electrons. The summed E-state index contributed by atoms with van der Waals surface area (Å²) in [6.45, 7) is 1.13. The molecule has 1 unspecified atom stereocenters. The molecule has 0 aromatic rings. The average Bonchev–Trinajstić information content (AvgIpc) is 2.35. The summed E-state index contributed by atoms with van der Waals surface area (Å²) < 4.78 is 4.49. The summed E-state index contributed by atoms with van der Waals surface area (Å²) in [4.78, 5) is 23.0. The van der Waals surface area contributed by atoms with E-state index < -0.39 is 12.1 Å². The van der Waals surface area contributed by atoms with Crippen molar-refractivity contribution < 1.29 is 14.3 Å². The Balaban J connectivity index is 2.23. The Kier molecular flexibility index (Phi) is 3.07. The lowest BCUT2D eigenvalue weighted by Gasteiger charge is -2.14. The number of carbonyl (C=O) groups is 2. The Hall–Kier alpha value is -1.30. The molecule has 0 bridgehead atoms. The third-order valence-corrected chi connectivity index (χ3v) is 1.94. The highest BCUT2D eigenvalue weighted by Crippen LogP contribution is 2.07. The van der Waals surface area contributed by atoms with E-state index in [4.69, 9.17) is 11.5 Å². The Morgan fingerprint density at radius 3 is 2.85 bits per heavy atom. The van der Waals surface area contributed by atoms with E-state index in [1.165, 1.54) is 0 Å². The fraction of sp³-hybridized carbons (Fsp3) is 0.714. The van der Waals surface area contributed by atoms with Gasteiger partial charge in [-0.25, -0.2) is 4.79 Å². The van der Waals surface area contributed by atoms with Crippen LogP contribution in [0.3, 0.4) is 0 Å². The molecule has 6 nitrogen and oxygen atoms in total. The Morgan fingerprint density at radius 1 is 1.69 bits per heavy atom. The van der Waals surface area contributed by atoms with Gasteiger partial charge in [-0.15, -0.1) is 0 Å². The molecule has 1 aliphatic heterocycles. The zero-order chi connectivity index (χ0) is 9.84. The van der Waals surface area contributed by atoms with Crippen molar-refractivity contribution in [2.45, 2.75) is 12.5 Å². The van der Waals surface area contributed by atoms with Crippen LogP contribution in [-0.4, -0.2) is 42.6 Å². The molecule has 1 saturated heterocycles. The quantitative estimate of drug-likeness (QED) is 0.570. The Labute approximate surface area is 75.8 Å². The van der Waals surface area contributed by atoms with E-state index in [0.29, 0.717) is 19.5 Å². The minimum atomic E-state index is -0.823. The van der Waals surface area contributed by atoms with Gasteiger partial charge in [0.2, 0.25) is 5.91 Å². The van der Waals surface area contributed by atoms with Crippen molar-refractivity contribution in [1.82, 2.24) is 4.90 Å². The molecule has 74 valence electrons. The molecule has 0 aliphatic carbocycles. The van der Waals surface area contributed by atoms with E-state index in [1.54, 1.807) is 4.90 Å².